The van der Waals surface area contributed by atoms with Gasteiger partial charge in [0.2, 0.25) is 11.8 Å². The largest absolute Gasteiger partial charge is 0.480 e. The molecular weight excluding hydrogens is 329 g/mol. The van der Waals surface area contributed by atoms with Crippen molar-refractivity contribution in [3.8, 4) is 0 Å². The van der Waals surface area contributed by atoms with E-state index in [-0.39, 0.29) is 6.54 Å². The Labute approximate surface area is 136 Å². The van der Waals surface area contributed by atoms with Crippen LogP contribution in [0.4, 0.5) is 13.2 Å². The lowest BCUT2D eigenvalue weighted by Crippen LogP contribution is -2.45. The van der Waals surface area contributed by atoms with Gasteiger partial charge in [-0.2, -0.15) is 13.2 Å². The van der Waals surface area contributed by atoms with E-state index in [2.05, 4.69) is 0 Å². The molecule has 0 fully saturated rings. The third-order valence-electron chi connectivity index (χ3n) is 3.14. The van der Waals surface area contributed by atoms with Crippen LogP contribution < -0.4 is 5.32 Å². The zero-order valence-corrected chi connectivity index (χ0v) is 12.8. The lowest BCUT2D eigenvalue weighted by atomic mass is 10.1. The standard InChI is InChI=1S/C15H17F3N2O4/c1-10(14(23)24)20(8-11-5-3-2-4-6-11)13(22)7-12(21)19-9-15(16,17)18/h2-6,10H,7-9H2,1H3,(H,19,21)(H,23,24). The Kier molecular flexibility index (Phi) is 6.75. The van der Waals surface area contributed by atoms with E-state index < -0.39 is 43.0 Å². The number of carbonyl (C=O) groups excluding carboxylic acids is 2. The first-order valence-electron chi connectivity index (χ1n) is 7.00. The van der Waals surface area contributed by atoms with Gasteiger partial charge in [-0.05, 0) is 12.5 Å². The van der Waals surface area contributed by atoms with Crippen molar-refractivity contribution in [3.63, 3.8) is 0 Å². The summed E-state index contributed by atoms with van der Waals surface area (Å²) in [5.74, 6) is -3.27. The predicted octanol–water partition coefficient (Wildman–Crippen LogP) is 1.56. The van der Waals surface area contributed by atoms with Gasteiger partial charge in [-0.1, -0.05) is 30.3 Å². The molecule has 24 heavy (non-hydrogen) atoms. The van der Waals surface area contributed by atoms with Crippen molar-refractivity contribution >= 4 is 17.8 Å². The minimum absolute atomic E-state index is 0.0698. The molecule has 1 unspecified atom stereocenters. The number of aliphatic carboxylic acids is 1. The maximum Gasteiger partial charge on any atom is 0.405 e. The number of carbonyl (C=O) groups is 3. The average Bonchev–Trinajstić information content (AvgIpc) is 2.50. The van der Waals surface area contributed by atoms with Crippen LogP contribution in [0.15, 0.2) is 30.3 Å². The van der Waals surface area contributed by atoms with Gasteiger partial charge < -0.3 is 15.3 Å². The van der Waals surface area contributed by atoms with E-state index in [1.807, 2.05) is 0 Å². The topological polar surface area (TPSA) is 86.7 Å². The molecule has 0 radical (unpaired) electrons. The molecule has 1 aromatic carbocycles. The maximum atomic E-state index is 12.1. The summed E-state index contributed by atoms with van der Waals surface area (Å²) in [4.78, 5) is 35.7. The molecule has 132 valence electrons. The van der Waals surface area contributed by atoms with Crippen molar-refractivity contribution in [2.45, 2.75) is 32.1 Å². The minimum Gasteiger partial charge on any atom is -0.480 e. The van der Waals surface area contributed by atoms with E-state index in [4.69, 9.17) is 5.11 Å². The Hall–Kier alpha value is -2.58. The van der Waals surface area contributed by atoms with Crippen molar-refractivity contribution in [2.75, 3.05) is 6.54 Å². The summed E-state index contributed by atoms with van der Waals surface area (Å²) in [6, 6.07) is 7.23. The first-order chi connectivity index (χ1) is 11.1. The molecule has 2 amide bonds. The molecular formula is C15H17F3N2O4. The number of halogens is 3. The summed E-state index contributed by atoms with van der Waals surface area (Å²) < 4.78 is 36.1. The van der Waals surface area contributed by atoms with Crippen LogP contribution in [0.1, 0.15) is 18.9 Å². The number of amides is 2. The first-order valence-corrected chi connectivity index (χ1v) is 7.00. The lowest BCUT2D eigenvalue weighted by molar-refractivity contribution is -0.152. The van der Waals surface area contributed by atoms with Crippen LogP contribution in [0.5, 0.6) is 0 Å². The zero-order valence-electron chi connectivity index (χ0n) is 12.8. The van der Waals surface area contributed by atoms with Crippen LogP contribution in [-0.4, -0.2) is 46.6 Å². The highest BCUT2D eigenvalue weighted by atomic mass is 19.4. The molecule has 0 bridgehead atoms. The summed E-state index contributed by atoms with van der Waals surface area (Å²) in [5, 5.41) is 10.7. The molecule has 0 heterocycles. The summed E-state index contributed by atoms with van der Waals surface area (Å²) in [5.41, 5.74) is 0.634. The zero-order chi connectivity index (χ0) is 18.3. The Balaban J connectivity index is 2.77. The van der Waals surface area contributed by atoms with Gasteiger partial charge in [0.15, 0.2) is 0 Å². The fourth-order valence-electron chi connectivity index (χ4n) is 1.85. The second-order valence-electron chi connectivity index (χ2n) is 5.09. The number of nitrogens with zero attached hydrogens (tertiary/aromatic N) is 1. The Morgan fingerprint density at radius 2 is 1.79 bits per heavy atom. The van der Waals surface area contributed by atoms with Crippen LogP contribution in [0.25, 0.3) is 0 Å². The summed E-state index contributed by atoms with van der Waals surface area (Å²) in [7, 11) is 0. The number of alkyl halides is 3. The number of hydrogen-bond acceptors (Lipinski definition) is 3. The van der Waals surface area contributed by atoms with Crippen LogP contribution in [0.2, 0.25) is 0 Å². The van der Waals surface area contributed by atoms with Crippen LogP contribution in [0, 0.1) is 0 Å². The second kappa shape index (κ2) is 8.32. The van der Waals surface area contributed by atoms with Crippen molar-refractivity contribution < 1.29 is 32.7 Å². The molecule has 1 atom stereocenters. The summed E-state index contributed by atoms with van der Waals surface area (Å²) in [6.45, 7) is -0.358. The third-order valence-corrected chi connectivity index (χ3v) is 3.14. The minimum atomic E-state index is -4.59. The van der Waals surface area contributed by atoms with Gasteiger partial charge in [0.05, 0.1) is 0 Å². The molecule has 0 saturated carbocycles. The molecule has 9 heteroatoms. The molecule has 1 aromatic rings. The monoisotopic (exact) mass is 346 g/mol. The van der Waals surface area contributed by atoms with E-state index in [0.717, 1.165) is 4.90 Å². The Bertz CT molecular complexity index is 590. The molecule has 0 aliphatic carbocycles. The van der Waals surface area contributed by atoms with E-state index in [9.17, 15) is 27.6 Å². The fraction of sp³-hybridized carbons (Fsp3) is 0.400. The van der Waals surface area contributed by atoms with Crippen molar-refractivity contribution in [1.82, 2.24) is 10.2 Å². The Morgan fingerprint density at radius 1 is 1.21 bits per heavy atom. The molecule has 0 aromatic heterocycles. The molecule has 1 rings (SSSR count). The Morgan fingerprint density at radius 3 is 2.29 bits per heavy atom. The van der Waals surface area contributed by atoms with E-state index >= 15 is 0 Å². The average molecular weight is 346 g/mol. The highest BCUT2D eigenvalue weighted by Gasteiger charge is 2.30. The van der Waals surface area contributed by atoms with E-state index in [1.165, 1.54) is 6.92 Å². The molecule has 0 saturated heterocycles. The number of nitrogens with one attached hydrogen (secondary N) is 1. The van der Waals surface area contributed by atoms with Crippen molar-refractivity contribution in [3.05, 3.63) is 35.9 Å². The number of carboxylic acids is 1. The van der Waals surface area contributed by atoms with Crippen LogP contribution >= 0.6 is 0 Å². The lowest BCUT2D eigenvalue weighted by Gasteiger charge is -2.26. The maximum absolute atomic E-state index is 12.1. The van der Waals surface area contributed by atoms with Gasteiger partial charge in [-0.15, -0.1) is 0 Å². The summed E-state index contributed by atoms with van der Waals surface area (Å²) in [6.07, 6.45) is -5.45. The highest BCUT2D eigenvalue weighted by Crippen LogP contribution is 2.13. The van der Waals surface area contributed by atoms with Gasteiger partial charge >= 0.3 is 12.1 Å². The van der Waals surface area contributed by atoms with Gasteiger partial charge in [0.25, 0.3) is 0 Å². The molecule has 2 N–H and O–H groups in total. The normalized spacial score (nSPS) is 12.3. The molecule has 6 nitrogen and oxygen atoms in total. The number of benzene rings is 1. The van der Waals surface area contributed by atoms with E-state index in [0.29, 0.717) is 5.56 Å². The number of carboxylic acid groups (broad SMARTS) is 1. The first kappa shape index (κ1) is 19.5. The van der Waals surface area contributed by atoms with Gasteiger partial charge in [-0.25, -0.2) is 4.79 Å². The van der Waals surface area contributed by atoms with Gasteiger partial charge in [0, 0.05) is 6.54 Å². The SMILES string of the molecule is CC(C(=O)O)N(Cc1ccccc1)C(=O)CC(=O)NCC(F)(F)F. The molecule has 0 aliphatic heterocycles. The molecule has 0 aliphatic rings. The second-order valence-corrected chi connectivity index (χ2v) is 5.09. The van der Waals surface area contributed by atoms with Gasteiger partial charge in [0.1, 0.15) is 19.0 Å². The van der Waals surface area contributed by atoms with Crippen LogP contribution in [-0.2, 0) is 20.9 Å². The smallest absolute Gasteiger partial charge is 0.405 e. The fourth-order valence-corrected chi connectivity index (χ4v) is 1.85. The van der Waals surface area contributed by atoms with Gasteiger partial charge in [-0.3, -0.25) is 9.59 Å². The predicted molar refractivity (Wildman–Crippen MR) is 77.8 cm³/mol. The number of hydrogen-bond donors (Lipinski definition) is 2. The van der Waals surface area contributed by atoms with Crippen LogP contribution in [0.3, 0.4) is 0 Å². The molecule has 0 spiro atoms. The third kappa shape index (κ3) is 6.67. The van der Waals surface area contributed by atoms with Crippen molar-refractivity contribution in [2.24, 2.45) is 0 Å². The quantitative estimate of drug-likeness (QED) is 0.734. The van der Waals surface area contributed by atoms with Crippen molar-refractivity contribution in [1.29, 1.82) is 0 Å². The number of rotatable bonds is 7. The highest BCUT2D eigenvalue weighted by molar-refractivity contribution is 5.98. The van der Waals surface area contributed by atoms with E-state index in [1.54, 1.807) is 35.6 Å². The summed E-state index contributed by atoms with van der Waals surface area (Å²) >= 11 is 0.